The highest BCUT2D eigenvalue weighted by Crippen LogP contribution is 2.29. The van der Waals surface area contributed by atoms with E-state index in [2.05, 4.69) is 26.5 Å². The smallest absolute Gasteiger partial charge is 0.275 e. The number of nitrogens with zero attached hydrogens (tertiary/aromatic N) is 1. The van der Waals surface area contributed by atoms with E-state index in [1.54, 1.807) is 12.1 Å². The summed E-state index contributed by atoms with van der Waals surface area (Å²) in [5.74, 6) is -0.164. The normalized spacial score (nSPS) is 11.0. The minimum Gasteiger partial charge on any atom is -0.507 e. The van der Waals surface area contributed by atoms with Gasteiger partial charge in [-0.3, -0.25) is 4.79 Å². The fourth-order valence-corrected chi connectivity index (χ4v) is 3.25. The molecule has 0 aliphatic carbocycles. The van der Waals surface area contributed by atoms with Crippen molar-refractivity contribution in [2.24, 2.45) is 5.10 Å². The zero-order chi connectivity index (χ0) is 18.5. The number of hydrazone groups is 1. The predicted molar refractivity (Wildman–Crippen MR) is 105 cm³/mol. The molecule has 3 rings (SSSR count). The first kappa shape index (κ1) is 18.6. The number of phenolic OH excluding ortho intramolecular Hbond substituents is 1. The first-order valence-electron chi connectivity index (χ1n) is 7.36. The molecule has 0 radical (unpaired) electrons. The summed E-state index contributed by atoms with van der Waals surface area (Å²) in [5.41, 5.74) is 2.47. The summed E-state index contributed by atoms with van der Waals surface area (Å²) < 4.78 is 6.30. The zero-order valence-electron chi connectivity index (χ0n) is 13.1. The van der Waals surface area contributed by atoms with Gasteiger partial charge in [0.1, 0.15) is 11.5 Å². The quantitative estimate of drug-likeness (QED) is 0.407. The van der Waals surface area contributed by atoms with Crippen LogP contribution in [-0.2, 0) is 0 Å². The molecule has 8 heteroatoms. The Morgan fingerprint density at radius 2 is 1.96 bits per heavy atom. The van der Waals surface area contributed by atoms with E-state index < -0.39 is 5.91 Å². The van der Waals surface area contributed by atoms with E-state index in [0.717, 1.165) is 4.90 Å². The van der Waals surface area contributed by atoms with Gasteiger partial charge < -0.3 is 9.52 Å². The highest BCUT2D eigenvalue weighted by molar-refractivity contribution is 9.10. The standard InChI is InChI=1S/C18H12BrClN2O3S/c19-11-1-7-16(23)15(9-11)18(24)22-21-10-13-4-8-17(25-13)26-14-5-2-12(20)3-6-14/h1-10,23H,(H,22,24)/b21-10-. The lowest BCUT2D eigenvalue weighted by atomic mass is 10.2. The molecule has 0 aliphatic rings. The number of benzene rings is 2. The van der Waals surface area contributed by atoms with Crippen LogP contribution in [-0.4, -0.2) is 17.2 Å². The molecule has 0 bridgehead atoms. The Labute approximate surface area is 167 Å². The Morgan fingerprint density at radius 1 is 1.19 bits per heavy atom. The Kier molecular flexibility index (Phi) is 6.03. The molecule has 0 atom stereocenters. The van der Waals surface area contributed by atoms with Gasteiger partial charge in [-0.2, -0.15) is 5.10 Å². The molecule has 1 heterocycles. The maximum absolute atomic E-state index is 12.0. The molecule has 5 nitrogen and oxygen atoms in total. The fourth-order valence-electron chi connectivity index (χ4n) is 1.98. The Hall–Kier alpha value is -2.22. The van der Waals surface area contributed by atoms with Gasteiger partial charge >= 0.3 is 0 Å². The minimum atomic E-state index is -0.526. The summed E-state index contributed by atoms with van der Waals surface area (Å²) >= 11 is 10.6. The average Bonchev–Trinajstić information content (AvgIpc) is 3.06. The van der Waals surface area contributed by atoms with Crippen molar-refractivity contribution in [1.29, 1.82) is 0 Å². The van der Waals surface area contributed by atoms with Gasteiger partial charge in [-0.15, -0.1) is 0 Å². The fraction of sp³-hybridized carbons (Fsp3) is 0. The second-order valence-corrected chi connectivity index (χ2v) is 7.50. The van der Waals surface area contributed by atoms with Crippen LogP contribution in [0.3, 0.4) is 0 Å². The molecule has 0 spiro atoms. The van der Waals surface area contributed by atoms with Crippen molar-refractivity contribution < 1.29 is 14.3 Å². The first-order valence-corrected chi connectivity index (χ1v) is 9.35. The number of nitrogens with one attached hydrogen (secondary N) is 1. The molecule has 2 aromatic carbocycles. The lowest BCUT2D eigenvalue weighted by Gasteiger charge is -2.03. The summed E-state index contributed by atoms with van der Waals surface area (Å²) in [7, 11) is 0. The van der Waals surface area contributed by atoms with Crippen LogP contribution in [0.2, 0.25) is 5.02 Å². The van der Waals surface area contributed by atoms with Crippen LogP contribution in [0, 0.1) is 0 Å². The van der Waals surface area contributed by atoms with Crippen LogP contribution in [0.25, 0.3) is 0 Å². The van der Waals surface area contributed by atoms with Crippen LogP contribution >= 0.6 is 39.3 Å². The summed E-state index contributed by atoms with van der Waals surface area (Å²) in [6.45, 7) is 0. The molecule has 2 N–H and O–H groups in total. The number of furan rings is 1. The molecule has 0 aliphatic heterocycles. The largest absolute Gasteiger partial charge is 0.507 e. The lowest BCUT2D eigenvalue weighted by molar-refractivity contribution is 0.0952. The van der Waals surface area contributed by atoms with Gasteiger partial charge in [0.2, 0.25) is 0 Å². The third kappa shape index (κ3) is 4.91. The van der Waals surface area contributed by atoms with Crippen LogP contribution in [0.4, 0.5) is 0 Å². The van der Waals surface area contributed by atoms with E-state index in [4.69, 9.17) is 16.0 Å². The van der Waals surface area contributed by atoms with Crippen molar-refractivity contribution in [2.45, 2.75) is 9.99 Å². The third-order valence-electron chi connectivity index (χ3n) is 3.20. The maximum atomic E-state index is 12.0. The maximum Gasteiger partial charge on any atom is 0.275 e. The highest BCUT2D eigenvalue weighted by atomic mass is 79.9. The zero-order valence-corrected chi connectivity index (χ0v) is 16.3. The van der Waals surface area contributed by atoms with E-state index >= 15 is 0 Å². The van der Waals surface area contributed by atoms with Crippen molar-refractivity contribution in [3.8, 4) is 5.75 Å². The number of hydrogen-bond donors (Lipinski definition) is 2. The van der Waals surface area contributed by atoms with E-state index in [1.807, 2.05) is 30.3 Å². The number of carbonyl (C=O) groups excluding carboxylic acids is 1. The second kappa shape index (κ2) is 8.44. The van der Waals surface area contributed by atoms with E-state index in [-0.39, 0.29) is 11.3 Å². The number of phenols is 1. The van der Waals surface area contributed by atoms with E-state index in [9.17, 15) is 9.90 Å². The second-order valence-electron chi connectivity index (χ2n) is 5.07. The van der Waals surface area contributed by atoms with Gasteiger partial charge in [0.25, 0.3) is 5.91 Å². The number of carbonyl (C=O) groups is 1. The molecule has 1 aromatic heterocycles. The summed E-state index contributed by atoms with van der Waals surface area (Å²) in [5, 5.41) is 14.9. The molecular weight excluding hydrogens is 440 g/mol. The highest BCUT2D eigenvalue weighted by Gasteiger charge is 2.10. The molecular formula is C18H12BrClN2O3S. The molecule has 0 fully saturated rings. The predicted octanol–water partition coefficient (Wildman–Crippen LogP) is 5.32. The molecule has 0 saturated heterocycles. The first-order chi connectivity index (χ1) is 12.5. The van der Waals surface area contributed by atoms with Gasteiger partial charge in [0.15, 0.2) is 5.09 Å². The molecule has 132 valence electrons. The van der Waals surface area contributed by atoms with Crippen molar-refractivity contribution in [1.82, 2.24) is 5.43 Å². The number of halogens is 2. The van der Waals surface area contributed by atoms with Crippen LogP contribution in [0.15, 0.2) is 78.6 Å². The number of aromatic hydroxyl groups is 1. The molecule has 1 amide bonds. The number of rotatable bonds is 5. The SMILES string of the molecule is O=C(N/N=C\c1ccc(Sc2ccc(Cl)cc2)o1)c1cc(Br)ccc1O. The van der Waals surface area contributed by atoms with Crippen LogP contribution in [0.5, 0.6) is 5.75 Å². The van der Waals surface area contributed by atoms with Gasteiger partial charge in [-0.1, -0.05) is 39.3 Å². The summed E-state index contributed by atoms with van der Waals surface area (Å²) in [6, 6.07) is 15.5. The molecule has 0 unspecified atom stereocenters. The van der Waals surface area contributed by atoms with Crippen molar-refractivity contribution in [2.75, 3.05) is 0 Å². The number of hydrogen-bond acceptors (Lipinski definition) is 5. The molecule has 0 saturated carbocycles. The van der Waals surface area contributed by atoms with Crippen molar-refractivity contribution in [3.05, 3.63) is 75.4 Å². The Morgan fingerprint density at radius 3 is 2.73 bits per heavy atom. The average molecular weight is 452 g/mol. The van der Waals surface area contributed by atoms with Gasteiger partial charge in [0, 0.05) is 14.4 Å². The van der Waals surface area contributed by atoms with Crippen LogP contribution in [0.1, 0.15) is 16.1 Å². The lowest BCUT2D eigenvalue weighted by Crippen LogP contribution is -2.17. The van der Waals surface area contributed by atoms with Crippen molar-refractivity contribution >= 4 is 51.4 Å². The van der Waals surface area contributed by atoms with Crippen molar-refractivity contribution in [3.63, 3.8) is 0 Å². The summed E-state index contributed by atoms with van der Waals surface area (Å²) in [4.78, 5) is 13.0. The van der Waals surface area contributed by atoms with Gasteiger partial charge in [-0.25, -0.2) is 5.43 Å². The van der Waals surface area contributed by atoms with Gasteiger partial charge in [-0.05, 0) is 54.6 Å². The van der Waals surface area contributed by atoms with Gasteiger partial charge in [0.05, 0.1) is 11.8 Å². The van der Waals surface area contributed by atoms with Crippen LogP contribution < -0.4 is 5.43 Å². The minimum absolute atomic E-state index is 0.120. The number of amides is 1. The monoisotopic (exact) mass is 450 g/mol. The topological polar surface area (TPSA) is 74.8 Å². The summed E-state index contributed by atoms with van der Waals surface area (Å²) in [6.07, 6.45) is 1.39. The Balaban J connectivity index is 1.60. The van der Waals surface area contributed by atoms with E-state index in [1.165, 1.54) is 30.1 Å². The molecule has 26 heavy (non-hydrogen) atoms. The Bertz CT molecular complexity index is 957. The van der Waals surface area contributed by atoms with E-state index in [0.29, 0.717) is 20.3 Å². The molecule has 3 aromatic rings. The third-order valence-corrected chi connectivity index (χ3v) is 4.87.